The lowest BCUT2D eigenvalue weighted by atomic mass is 10.2. The van der Waals surface area contributed by atoms with Crippen molar-refractivity contribution in [1.29, 1.82) is 0 Å². The summed E-state index contributed by atoms with van der Waals surface area (Å²) >= 11 is 0. The first kappa shape index (κ1) is 11.9. The number of hydrogen-bond donors (Lipinski definition) is 2. The fourth-order valence-corrected chi connectivity index (χ4v) is 1.54. The van der Waals surface area contributed by atoms with Gasteiger partial charge in [-0.1, -0.05) is 0 Å². The number of ether oxygens (including phenoxy) is 1. The number of rotatable bonds is 3. The Morgan fingerprint density at radius 3 is 2.50 bits per heavy atom. The standard InChI is InChI=1S/C13H13N3O2/c1-8-11(6-7-16-12(8)13(15)17)18-10-4-2-9(14)3-5-10/h2-7H,14H2,1H3,(H2,15,17). The first-order chi connectivity index (χ1) is 8.58. The van der Waals surface area contributed by atoms with Gasteiger partial charge in [-0.05, 0) is 37.3 Å². The van der Waals surface area contributed by atoms with Crippen molar-refractivity contribution in [2.75, 3.05) is 5.73 Å². The third-order valence-electron chi connectivity index (χ3n) is 2.50. The maximum absolute atomic E-state index is 11.2. The van der Waals surface area contributed by atoms with Crippen LogP contribution in [0.4, 0.5) is 5.69 Å². The van der Waals surface area contributed by atoms with Crippen molar-refractivity contribution in [3.8, 4) is 11.5 Å². The molecule has 5 nitrogen and oxygen atoms in total. The molecule has 0 aliphatic heterocycles. The summed E-state index contributed by atoms with van der Waals surface area (Å²) in [4.78, 5) is 15.1. The molecule has 1 amide bonds. The highest BCUT2D eigenvalue weighted by Gasteiger charge is 2.11. The van der Waals surface area contributed by atoms with E-state index in [2.05, 4.69) is 4.98 Å². The lowest BCUT2D eigenvalue weighted by Gasteiger charge is -2.10. The molecule has 0 saturated heterocycles. The second kappa shape index (κ2) is 4.75. The highest BCUT2D eigenvalue weighted by Crippen LogP contribution is 2.26. The highest BCUT2D eigenvalue weighted by molar-refractivity contribution is 5.92. The zero-order valence-electron chi connectivity index (χ0n) is 9.88. The van der Waals surface area contributed by atoms with E-state index >= 15 is 0 Å². The predicted molar refractivity (Wildman–Crippen MR) is 68.4 cm³/mol. The van der Waals surface area contributed by atoms with Crippen LogP contribution in [-0.2, 0) is 0 Å². The molecule has 92 valence electrons. The largest absolute Gasteiger partial charge is 0.457 e. The summed E-state index contributed by atoms with van der Waals surface area (Å²) in [5, 5.41) is 0. The van der Waals surface area contributed by atoms with Crippen LogP contribution in [0.1, 0.15) is 16.1 Å². The van der Waals surface area contributed by atoms with Crippen molar-refractivity contribution < 1.29 is 9.53 Å². The molecule has 2 aromatic rings. The van der Waals surface area contributed by atoms with Crippen LogP contribution >= 0.6 is 0 Å². The van der Waals surface area contributed by atoms with Gasteiger partial charge in [-0.2, -0.15) is 0 Å². The average Bonchev–Trinajstić information content (AvgIpc) is 2.34. The Kier molecular flexibility index (Phi) is 3.14. The number of nitrogens with two attached hydrogens (primary N) is 2. The van der Waals surface area contributed by atoms with E-state index in [1.165, 1.54) is 6.20 Å². The summed E-state index contributed by atoms with van der Waals surface area (Å²) in [6.45, 7) is 1.74. The Hall–Kier alpha value is -2.56. The summed E-state index contributed by atoms with van der Waals surface area (Å²) in [6, 6.07) is 8.65. The number of aromatic nitrogens is 1. The van der Waals surface area contributed by atoms with E-state index in [1.807, 2.05) is 0 Å². The number of carbonyl (C=O) groups excluding carboxylic acids is 1. The van der Waals surface area contributed by atoms with Crippen molar-refractivity contribution in [2.24, 2.45) is 5.73 Å². The van der Waals surface area contributed by atoms with Crippen molar-refractivity contribution in [1.82, 2.24) is 4.98 Å². The minimum Gasteiger partial charge on any atom is -0.457 e. The molecule has 1 aromatic carbocycles. The molecule has 0 atom stereocenters. The van der Waals surface area contributed by atoms with Crippen LogP contribution in [0.3, 0.4) is 0 Å². The molecule has 18 heavy (non-hydrogen) atoms. The number of benzene rings is 1. The normalized spacial score (nSPS) is 10.1. The molecule has 4 N–H and O–H groups in total. The molecule has 0 fully saturated rings. The van der Waals surface area contributed by atoms with Crippen molar-refractivity contribution in [2.45, 2.75) is 6.92 Å². The summed E-state index contributed by atoms with van der Waals surface area (Å²) in [6.07, 6.45) is 1.49. The van der Waals surface area contributed by atoms with E-state index in [4.69, 9.17) is 16.2 Å². The van der Waals surface area contributed by atoms with Gasteiger partial charge in [0.15, 0.2) is 0 Å². The maximum Gasteiger partial charge on any atom is 0.267 e. The minimum atomic E-state index is -0.574. The fourth-order valence-electron chi connectivity index (χ4n) is 1.54. The number of hydrogen-bond acceptors (Lipinski definition) is 4. The predicted octanol–water partition coefficient (Wildman–Crippen LogP) is 1.86. The van der Waals surface area contributed by atoms with Crippen molar-refractivity contribution >= 4 is 11.6 Å². The molecule has 1 heterocycles. The highest BCUT2D eigenvalue weighted by atomic mass is 16.5. The molecule has 0 aliphatic carbocycles. The second-order valence-corrected chi connectivity index (χ2v) is 3.82. The van der Waals surface area contributed by atoms with Gasteiger partial charge in [-0.25, -0.2) is 0 Å². The molecule has 0 spiro atoms. The zero-order valence-corrected chi connectivity index (χ0v) is 9.88. The molecule has 5 heteroatoms. The number of amides is 1. The molecule has 0 aliphatic rings. The first-order valence-corrected chi connectivity index (χ1v) is 5.36. The van der Waals surface area contributed by atoms with Crippen LogP contribution in [0.2, 0.25) is 0 Å². The lowest BCUT2D eigenvalue weighted by Crippen LogP contribution is -2.15. The summed E-state index contributed by atoms with van der Waals surface area (Å²) in [5.74, 6) is 0.604. The van der Waals surface area contributed by atoms with Crippen molar-refractivity contribution in [3.05, 3.63) is 47.8 Å². The SMILES string of the molecule is Cc1c(Oc2ccc(N)cc2)ccnc1C(N)=O. The monoisotopic (exact) mass is 243 g/mol. The number of nitrogen functional groups attached to an aromatic ring is 1. The third-order valence-corrected chi connectivity index (χ3v) is 2.50. The van der Waals surface area contributed by atoms with Gasteiger partial charge >= 0.3 is 0 Å². The number of pyridine rings is 1. The first-order valence-electron chi connectivity index (χ1n) is 5.36. The van der Waals surface area contributed by atoms with E-state index in [0.29, 0.717) is 22.7 Å². The van der Waals surface area contributed by atoms with E-state index < -0.39 is 5.91 Å². The zero-order chi connectivity index (χ0) is 13.1. The molecular weight excluding hydrogens is 230 g/mol. The van der Waals surface area contributed by atoms with E-state index in [-0.39, 0.29) is 5.69 Å². The van der Waals surface area contributed by atoms with Crippen LogP contribution in [0, 0.1) is 6.92 Å². The second-order valence-electron chi connectivity index (χ2n) is 3.82. The lowest BCUT2D eigenvalue weighted by molar-refractivity contribution is 0.0994. The van der Waals surface area contributed by atoms with Gasteiger partial charge in [0.05, 0.1) is 0 Å². The van der Waals surface area contributed by atoms with Crippen LogP contribution < -0.4 is 16.2 Å². The van der Waals surface area contributed by atoms with Crippen LogP contribution in [0.25, 0.3) is 0 Å². The number of nitrogens with zero attached hydrogens (tertiary/aromatic N) is 1. The van der Waals surface area contributed by atoms with Crippen LogP contribution in [-0.4, -0.2) is 10.9 Å². The van der Waals surface area contributed by atoms with E-state index in [0.717, 1.165) is 0 Å². The molecule has 1 aromatic heterocycles. The van der Waals surface area contributed by atoms with Gasteiger partial charge in [0, 0.05) is 17.4 Å². The van der Waals surface area contributed by atoms with Gasteiger partial charge in [0.1, 0.15) is 17.2 Å². The van der Waals surface area contributed by atoms with Gasteiger partial charge in [0.25, 0.3) is 5.91 Å². The fraction of sp³-hybridized carbons (Fsp3) is 0.0769. The number of primary amides is 1. The molecule has 0 unspecified atom stereocenters. The maximum atomic E-state index is 11.2. The van der Waals surface area contributed by atoms with Gasteiger partial charge in [0.2, 0.25) is 0 Å². The molecule has 0 saturated carbocycles. The van der Waals surface area contributed by atoms with E-state index in [9.17, 15) is 4.79 Å². The Labute approximate surface area is 104 Å². The van der Waals surface area contributed by atoms with Crippen LogP contribution in [0.5, 0.6) is 11.5 Å². The number of carbonyl (C=O) groups is 1. The third kappa shape index (κ3) is 2.40. The van der Waals surface area contributed by atoms with Crippen molar-refractivity contribution in [3.63, 3.8) is 0 Å². The Balaban J connectivity index is 2.32. The molecular formula is C13H13N3O2. The Morgan fingerprint density at radius 2 is 1.89 bits per heavy atom. The Bertz CT molecular complexity index is 579. The molecule has 2 rings (SSSR count). The van der Waals surface area contributed by atoms with Gasteiger partial charge < -0.3 is 16.2 Å². The van der Waals surface area contributed by atoms with Gasteiger partial charge in [-0.3, -0.25) is 9.78 Å². The minimum absolute atomic E-state index is 0.211. The summed E-state index contributed by atoms with van der Waals surface area (Å²) in [7, 11) is 0. The number of anilines is 1. The summed E-state index contributed by atoms with van der Waals surface area (Å²) in [5.41, 5.74) is 12.3. The Morgan fingerprint density at radius 1 is 1.22 bits per heavy atom. The molecule has 0 bridgehead atoms. The summed E-state index contributed by atoms with van der Waals surface area (Å²) < 4.78 is 5.65. The average molecular weight is 243 g/mol. The molecule has 0 radical (unpaired) electrons. The van der Waals surface area contributed by atoms with Crippen LogP contribution in [0.15, 0.2) is 36.5 Å². The smallest absolute Gasteiger partial charge is 0.267 e. The quantitative estimate of drug-likeness (QED) is 0.805. The topological polar surface area (TPSA) is 91.2 Å². The van der Waals surface area contributed by atoms with Gasteiger partial charge in [-0.15, -0.1) is 0 Å². The van der Waals surface area contributed by atoms with E-state index in [1.54, 1.807) is 37.3 Å².